The quantitative estimate of drug-likeness (QED) is 0.642. The van der Waals surface area contributed by atoms with Crippen LogP contribution in [0.25, 0.3) is 0 Å². The average molecular weight is 206 g/mol. The third-order valence-electron chi connectivity index (χ3n) is 2.14. The number of hydrogen-bond acceptors (Lipinski definition) is 1. The van der Waals surface area contributed by atoms with E-state index in [9.17, 15) is 0 Å². The van der Waals surface area contributed by atoms with Gasteiger partial charge in [0.05, 0.1) is 0 Å². The summed E-state index contributed by atoms with van der Waals surface area (Å²) in [6.45, 7) is 4.71. The van der Waals surface area contributed by atoms with Gasteiger partial charge in [-0.15, -0.1) is 6.58 Å². The van der Waals surface area contributed by atoms with E-state index in [-0.39, 0.29) is 0 Å². The smallest absolute Gasteiger partial charge is 0.200 e. The molecule has 1 atom stereocenters. The van der Waals surface area contributed by atoms with Crippen molar-refractivity contribution in [2.75, 3.05) is 6.61 Å². The maximum atomic E-state index is 5.45. The molecule has 1 aromatic carbocycles. The summed E-state index contributed by atoms with van der Waals surface area (Å²) in [5.41, 5.74) is 2.03. The fraction of sp³-hybridized carbons (Fsp3) is 0.333. The van der Waals surface area contributed by atoms with Crippen molar-refractivity contribution in [2.24, 2.45) is 0 Å². The van der Waals surface area contributed by atoms with Crippen molar-refractivity contribution in [2.45, 2.75) is 18.9 Å². The molecule has 76 valence electrons. The van der Waals surface area contributed by atoms with Crippen LogP contribution in [0.5, 0.6) is 0 Å². The SMILES string of the molecule is C=C[SiH]1CCCCO1.c1ccccc1. The van der Waals surface area contributed by atoms with Crippen molar-refractivity contribution in [1.82, 2.24) is 0 Å². The van der Waals surface area contributed by atoms with Gasteiger partial charge in [0.25, 0.3) is 0 Å². The van der Waals surface area contributed by atoms with Gasteiger partial charge in [-0.05, 0) is 12.5 Å². The topological polar surface area (TPSA) is 9.23 Å². The summed E-state index contributed by atoms with van der Waals surface area (Å²) in [5, 5.41) is 0. The van der Waals surface area contributed by atoms with Gasteiger partial charge in [0.1, 0.15) is 0 Å². The van der Waals surface area contributed by atoms with Crippen molar-refractivity contribution in [3.05, 3.63) is 48.7 Å². The lowest BCUT2D eigenvalue weighted by molar-refractivity contribution is 0.294. The van der Waals surface area contributed by atoms with Crippen LogP contribution in [0.4, 0.5) is 0 Å². The standard InChI is InChI=1S/C6H12OSi.C6H6/c1-2-8-6-4-3-5-7-8;1-2-4-6-5-3-1/h2,8H,1,3-6H2;1-6H. The van der Waals surface area contributed by atoms with Crippen LogP contribution in [-0.2, 0) is 4.43 Å². The second-order valence-electron chi connectivity index (χ2n) is 3.30. The van der Waals surface area contributed by atoms with E-state index in [1.165, 1.54) is 18.9 Å². The molecule has 0 aliphatic carbocycles. The number of hydrogen-bond donors (Lipinski definition) is 0. The molecular weight excluding hydrogens is 188 g/mol. The molecular formula is C12H18OSi. The Labute approximate surface area is 88.1 Å². The van der Waals surface area contributed by atoms with Crippen molar-refractivity contribution in [3.8, 4) is 0 Å². The van der Waals surface area contributed by atoms with E-state index in [4.69, 9.17) is 4.43 Å². The Morgan fingerprint density at radius 1 is 1.00 bits per heavy atom. The molecule has 1 aliphatic heterocycles. The highest BCUT2D eigenvalue weighted by Gasteiger charge is 2.10. The van der Waals surface area contributed by atoms with E-state index in [0.717, 1.165) is 6.61 Å². The predicted molar refractivity (Wildman–Crippen MR) is 63.8 cm³/mol. The summed E-state index contributed by atoms with van der Waals surface area (Å²) in [5.74, 6) is 0. The first-order valence-corrected chi connectivity index (χ1v) is 7.13. The Bertz CT molecular complexity index is 203. The molecule has 0 radical (unpaired) electrons. The second kappa shape index (κ2) is 7.53. The highest BCUT2D eigenvalue weighted by Crippen LogP contribution is 2.10. The molecule has 14 heavy (non-hydrogen) atoms. The van der Waals surface area contributed by atoms with Crippen LogP contribution >= 0.6 is 0 Å². The minimum Gasteiger partial charge on any atom is -0.416 e. The molecule has 1 fully saturated rings. The molecule has 0 N–H and O–H groups in total. The lowest BCUT2D eigenvalue weighted by Crippen LogP contribution is -2.20. The zero-order valence-corrected chi connectivity index (χ0v) is 9.72. The fourth-order valence-corrected chi connectivity index (χ4v) is 3.04. The Hall–Kier alpha value is -0.863. The van der Waals surface area contributed by atoms with Gasteiger partial charge in [-0.2, -0.15) is 0 Å². The van der Waals surface area contributed by atoms with Crippen LogP contribution in [-0.4, -0.2) is 15.6 Å². The zero-order chi connectivity index (χ0) is 10.1. The van der Waals surface area contributed by atoms with E-state index in [1.807, 2.05) is 42.1 Å². The lowest BCUT2D eigenvalue weighted by Gasteiger charge is -2.16. The summed E-state index contributed by atoms with van der Waals surface area (Å²) < 4.78 is 5.45. The molecule has 1 saturated heterocycles. The zero-order valence-electron chi connectivity index (χ0n) is 8.56. The summed E-state index contributed by atoms with van der Waals surface area (Å²) >= 11 is 0. The van der Waals surface area contributed by atoms with E-state index in [0.29, 0.717) is 0 Å². The maximum absolute atomic E-state index is 5.45. The van der Waals surface area contributed by atoms with Gasteiger partial charge >= 0.3 is 0 Å². The predicted octanol–water partition coefficient (Wildman–Crippen LogP) is 2.93. The van der Waals surface area contributed by atoms with Crippen LogP contribution in [0.2, 0.25) is 6.04 Å². The van der Waals surface area contributed by atoms with Crippen molar-refractivity contribution in [1.29, 1.82) is 0 Å². The van der Waals surface area contributed by atoms with Gasteiger partial charge in [0, 0.05) is 6.61 Å². The van der Waals surface area contributed by atoms with Gasteiger partial charge in [0.15, 0.2) is 0 Å². The van der Waals surface area contributed by atoms with E-state index >= 15 is 0 Å². The van der Waals surface area contributed by atoms with Gasteiger partial charge in [-0.25, -0.2) is 0 Å². The minimum atomic E-state index is -0.841. The number of benzene rings is 1. The highest BCUT2D eigenvalue weighted by molar-refractivity contribution is 6.57. The summed E-state index contributed by atoms with van der Waals surface area (Å²) in [7, 11) is -0.841. The Morgan fingerprint density at radius 2 is 1.57 bits per heavy atom. The monoisotopic (exact) mass is 206 g/mol. The van der Waals surface area contributed by atoms with Gasteiger partial charge in [-0.1, -0.05) is 48.5 Å². The molecule has 1 aromatic rings. The first-order chi connectivity index (χ1) is 6.93. The third-order valence-corrected chi connectivity index (χ3v) is 4.31. The van der Waals surface area contributed by atoms with Crippen LogP contribution in [0.15, 0.2) is 48.7 Å². The molecule has 1 aliphatic rings. The molecule has 0 spiro atoms. The molecule has 1 nitrogen and oxygen atoms in total. The third kappa shape index (κ3) is 4.99. The van der Waals surface area contributed by atoms with Crippen molar-refractivity contribution in [3.63, 3.8) is 0 Å². The first-order valence-electron chi connectivity index (χ1n) is 5.17. The Kier molecular flexibility index (Phi) is 6.03. The Balaban J connectivity index is 0.000000146. The Morgan fingerprint density at radius 3 is 1.86 bits per heavy atom. The first kappa shape index (κ1) is 11.2. The largest absolute Gasteiger partial charge is 0.416 e. The molecule has 2 rings (SSSR count). The molecule has 0 bridgehead atoms. The summed E-state index contributed by atoms with van der Waals surface area (Å²) in [4.78, 5) is 0. The molecule has 1 heterocycles. The fourth-order valence-electron chi connectivity index (χ4n) is 1.34. The van der Waals surface area contributed by atoms with Gasteiger partial charge < -0.3 is 4.43 Å². The molecule has 2 heteroatoms. The summed E-state index contributed by atoms with van der Waals surface area (Å²) in [6, 6.07) is 13.3. The molecule has 0 amide bonds. The van der Waals surface area contributed by atoms with Crippen molar-refractivity contribution >= 4 is 9.04 Å². The van der Waals surface area contributed by atoms with Crippen LogP contribution in [0, 0.1) is 0 Å². The lowest BCUT2D eigenvalue weighted by atomic mass is 10.4. The summed E-state index contributed by atoms with van der Waals surface area (Å²) in [6.07, 6.45) is 2.63. The molecule has 1 unspecified atom stereocenters. The second-order valence-corrected chi connectivity index (χ2v) is 5.75. The van der Waals surface area contributed by atoms with Gasteiger partial charge in [0.2, 0.25) is 9.04 Å². The molecule has 0 saturated carbocycles. The minimum absolute atomic E-state index is 0.841. The van der Waals surface area contributed by atoms with E-state index < -0.39 is 9.04 Å². The van der Waals surface area contributed by atoms with Crippen LogP contribution < -0.4 is 0 Å². The highest BCUT2D eigenvalue weighted by atomic mass is 28.3. The van der Waals surface area contributed by atoms with E-state index in [2.05, 4.69) is 6.58 Å². The van der Waals surface area contributed by atoms with Gasteiger partial charge in [-0.3, -0.25) is 0 Å². The van der Waals surface area contributed by atoms with Crippen LogP contribution in [0.3, 0.4) is 0 Å². The number of rotatable bonds is 1. The van der Waals surface area contributed by atoms with Crippen molar-refractivity contribution < 1.29 is 4.43 Å². The van der Waals surface area contributed by atoms with Crippen LogP contribution in [0.1, 0.15) is 12.8 Å². The van der Waals surface area contributed by atoms with E-state index in [1.54, 1.807) is 0 Å². The maximum Gasteiger partial charge on any atom is 0.200 e. The molecule has 0 aromatic heterocycles. The normalized spacial score (nSPS) is 20.4. The average Bonchev–Trinajstić information content (AvgIpc) is 2.33.